The van der Waals surface area contributed by atoms with Gasteiger partial charge < -0.3 is 19.3 Å². The maximum atomic E-state index is 11.2. The Morgan fingerprint density at radius 1 is 1.00 bits per heavy atom. The van der Waals surface area contributed by atoms with Gasteiger partial charge >= 0.3 is 11.9 Å². The number of carbonyl (C=O) groups is 2. The Balaban J connectivity index is 0.000000227. The molecular formula is C26H34O6. The Hall–Kier alpha value is -3.02. The minimum absolute atomic E-state index is 0.169. The standard InChI is InChI=1S/C13H16O3.C13H18O3/c1-9-4-5-10(2)11(6-9)15-7-13(3)8-16-12(13)14;1-9-5-6-10(2)11(7-9)16-8-13(3,4)12(14)15/h4-6H,7-8H2,1-3H3;5-7H,8H2,1-4H3,(H,14,15). The largest absolute Gasteiger partial charge is 0.492 e. The second kappa shape index (κ2) is 10.1. The average molecular weight is 443 g/mol. The van der Waals surface area contributed by atoms with Crippen LogP contribution in [0.25, 0.3) is 0 Å². The highest BCUT2D eigenvalue weighted by Crippen LogP contribution is 2.30. The summed E-state index contributed by atoms with van der Waals surface area (Å²) in [6.07, 6.45) is 0. The maximum Gasteiger partial charge on any atom is 0.318 e. The van der Waals surface area contributed by atoms with Gasteiger partial charge in [0.2, 0.25) is 0 Å². The number of benzene rings is 2. The molecule has 0 spiro atoms. The van der Waals surface area contributed by atoms with Gasteiger partial charge in [0, 0.05) is 0 Å². The van der Waals surface area contributed by atoms with Crippen LogP contribution in [0.1, 0.15) is 43.0 Å². The van der Waals surface area contributed by atoms with E-state index in [0.717, 1.165) is 33.8 Å². The summed E-state index contributed by atoms with van der Waals surface area (Å²) in [7, 11) is 0. The summed E-state index contributed by atoms with van der Waals surface area (Å²) in [4.78, 5) is 22.1. The van der Waals surface area contributed by atoms with Crippen LogP contribution in [0.3, 0.4) is 0 Å². The van der Waals surface area contributed by atoms with Gasteiger partial charge in [-0.2, -0.15) is 0 Å². The Morgan fingerprint density at radius 3 is 1.91 bits per heavy atom. The first-order chi connectivity index (χ1) is 14.8. The van der Waals surface area contributed by atoms with Gasteiger partial charge in [-0.1, -0.05) is 24.3 Å². The van der Waals surface area contributed by atoms with E-state index >= 15 is 0 Å². The van der Waals surface area contributed by atoms with Gasteiger partial charge in [-0.05, 0) is 82.9 Å². The molecule has 2 aromatic carbocycles. The van der Waals surface area contributed by atoms with E-state index in [-0.39, 0.29) is 12.6 Å². The minimum atomic E-state index is -0.865. The molecule has 6 nitrogen and oxygen atoms in total. The van der Waals surface area contributed by atoms with Crippen LogP contribution in [-0.2, 0) is 14.3 Å². The van der Waals surface area contributed by atoms with Crippen LogP contribution in [0.15, 0.2) is 36.4 Å². The van der Waals surface area contributed by atoms with Gasteiger partial charge in [-0.3, -0.25) is 9.59 Å². The predicted molar refractivity (Wildman–Crippen MR) is 123 cm³/mol. The summed E-state index contributed by atoms with van der Waals surface area (Å²) in [5.41, 5.74) is 3.04. The van der Waals surface area contributed by atoms with Crippen LogP contribution in [0, 0.1) is 38.5 Å². The molecule has 1 atom stereocenters. The van der Waals surface area contributed by atoms with Crippen molar-refractivity contribution >= 4 is 11.9 Å². The highest BCUT2D eigenvalue weighted by Gasteiger charge is 2.45. The Labute approximate surface area is 190 Å². The van der Waals surface area contributed by atoms with Crippen molar-refractivity contribution in [3.63, 3.8) is 0 Å². The molecule has 0 radical (unpaired) electrons. The number of carboxylic acid groups (broad SMARTS) is 1. The topological polar surface area (TPSA) is 82.1 Å². The quantitative estimate of drug-likeness (QED) is 0.605. The molecule has 174 valence electrons. The first-order valence-electron chi connectivity index (χ1n) is 10.6. The molecule has 1 fully saturated rings. The number of rotatable bonds is 7. The van der Waals surface area contributed by atoms with Crippen molar-refractivity contribution in [2.75, 3.05) is 19.8 Å². The molecule has 0 amide bonds. The van der Waals surface area contributed by atoms with Gasteiger partial charge in [0.15, 0.2) is 0 Å². The second-order valence-corrected chi connectivity index (χ2v) is 9.44. The zero-order chi connectivity index (χ0) is 24.1. The van der Waals surface area contributed by atoms with E-state index in [4.69, 9.17) is 19.3 Å². The predicted octanol–water partition coefficient (Wildman–Crippen LogP) is 5.04. The van der Waals surface area contributed by atoms with Crippen LogP contribution in [-0.4, -0.2) is 36.9 Å². The number of carboxylic acids is 1. The smallest absolute Gasteiger partial charge is 0.318 e. The number of aliphatic carboxylic acids is 1. The lowest BCUT2D eigenvalue weighted by Crippen LogP contribution is -2.49. The van der Waals surface area contributed by atoms with Crippen molar-refractivity contribution in [3.05, 3.63) is 58.7 Å². The second-order valence-electron chi connectivity index (χ2n) is 9.44. The van der Waals surface area contributed by atoms with E-state index in [0.29, 0.717) is 13.2 Å². The molecule has 1 aliphatic heterocycles. The van der Waals surface area contributed by atoms with Crippen LogP contribution in [0.5, 0.6) is 11.5 Å². The molecular weight excluding hydrogens is 408 g/mol. The first kappa shape index (κ1) is 25.2. The molecule has 2 aromatic rings. The first-order valence-corrected chi connectivity index (χ1v) is 10.6. The van der Waals surface area contributed by atoms with Crippen LogP contribution in [0.2, 0.25) is 0 Å². The van der Waals surface area contributed by atoms with E-state index in [1.54, 1.807) is 13.8 Å². The molecule has 0 bridgehead atoms. The Bertz CT molecular complexity index is 911. The molecule has 32 heavy (non-hydrogen) atoms. The number of esters is 1. The molecule has 1 N–H and O–H groups in total. The average Bonchev–Trinajstić information content (AvgIpc) is 2.74. The fourth-order valence-corrected chi connectivity index (χ4v) is 2.76. The van der Waals surface area contributed by atoms with Gasteiger partial charge in [-0.25, -0.2) is 0 Å². The number of hydrogen-bond donors (Lipinski definition) is 1. The molecule has 0 aromatic heterocycles. The van der Waals surface area contributed by atoms with Crippen LogP contribution in [0.4, 0.5) is 0 Å². The lowest BCUT2D eigenvalue weighted by molar-refractivity contribution is -0.186. The third-order valence-electron chi connectivity index (χ3n) is 5.42. The maximum absolute atomic E-state index is 11.2. The summed E-state index contributed by atoms with van der Waals surface area (Å²) in [6, 6.07) is 12.0. The van der Waals surface area contributed by atoms with Crippen molar-refractivity contribution in [2.24, 2.45) is 10.8 Å². The van der Waals surface area contributed by atoms with Gasteiger partial charge in [0.1, 0.15) is 36.7 Å². The molecule has 1 aliphatic rings. The van der Waals surface area contributed by atoms with E-state index < -0.39 is 16.8 Å². The molecule has 1 saturated heterocycles. The third-order valence-corrected chi connectivity index (χ3v) is 5.42. The monoisotopic (exact) mass is 442 g/mol. The molecule has 1 heterocycles. The highest BCUT2D eigenvalue weighted by molar-refractivity contribution is 5.81. The zero-order valence-corrected chi connectivity index (χ0v) is 20.1. The summed E-state index contributed by atoms with van der Waals surface area (Å²) in [6.45, 7) is 14.1. The fraction of sp³-hybridized carbons (Fsp3) is 0.462. The SMILES string of the molecule is Cc1ccc(C)c(OCC(C)(C)C(=O)O)c1.Cc1ccc(C)c(OCC2(C)COC2=O)c1. The van der Waals surface area contributed by atoms with Crippen molar-refractivity contribution in [1.29, 1.82) is 0 Å². The number of aryl methyl sites for hydroxylation is 4. The molecule has 0 aliphatic carbocycles. The Kier molecular flexibility index (Phi) is 7.94. The van der Waals surface area contributed by atoms with Crippen molar-refractivity contribution in [2.45, 2.75) is 48.5 Å². The van der Waals surface area contributed by atoms with Crippen molar-refractivity contribution < 1.29 is 28.9 Å². The Morgan fingerprint density at radius 2 is 1.50 bits per heavy atom. The van der Waals surface area contributed by atoms with Gasteiger partial charge in [0.25, 0.3) is 0 Å². The molecule has 3 rings (SSSR count). The van der Waals surface area contributed by atoms with Crippen molar-refractivity contribution in [3.8, 4) is 11.5 Å². The number of hydrogen-bond acceptors (Lipinski definition) is 5. The highest BCUT2D eigenvalue weighted by atomic mass is 16.6. The number of ether oxygens (including phenoxy) is 3. The summed E-state index contributed by atoms with van der Waals surface area (Å²) >= 11 is 0. The zero-order valence-electron chi connectivity index (χ0n) is 20.1. The fourth-order valence-electron chi connectivity index (χ4n) is 2.76. The lowest BCUT2D eigenvalue weighted by Gasteiger charge is -2.35. The van der Waals surface area contributed by atoms with E-state index in [9.17, 15) is 9.59 Å². The third kappa shape index (κ3) is 6.49. The summed E-state index contributed by atoms with van der Waals surface area (Å²) < 4.78 is 16.0. The van der Waals surface area contributed by atoms with E-state index in [1.807, 2.05) is 71.0 Å². The lowest BCUT2D eigenvalue weighted by atomic mass is 9.89. The minimum Gasteiger partial charge on any atom is -0.492 e. The van der Waals surface area contributed by atoms with Crippen LogP contribution >= 0.6 is 0 Å². The van der Waals surface area contributed by atoms with Crippen LogP contribution < -0.4 is 9.47 Å². The summed E-state index contributed by atoms with van der Waals surface area (Å²) in [5, 5.41) is 8.96. The van der Waals surface area contributed by atoms with Gasteiger partial charge in [-0.15, -0.1) is 0 Å². The van der Waals surface area contributed by atoms with E-state index in [1.165, 1.54) is 0 Å². The van der Waals surface area contributed by atoms with Crippen molar-refractivity contribution in [1.82, 2.24) is 0 Å². The van der Waals surface area contributed by atoms with Gasteiger partial charge in [0.05, 0.1) is 5.41 Å². The molecule has 1 unspecified atom stereocenters. The summed E-state index contributed by atoms with van der Waals surface area (Å²) in [5.74, 6) is 0.589. The number of cyclic esters (lactones) is 1. The number of carbonyl (C=O) groups excluding carboxylic acids is 1. The molecule has 0 saturated carbocycles. The normalized spacial score (nSPS) is 17.4. The molecule has 6 heteroatoms. The van der Waals surface area contributed by atoms with E-state index in [2.05, 4.69) is 0 Å².